The molecule has 0 unspecified atom stereocenters. The van der Waals surface area contributed by atoms with E-state index in [9.17, 15) is 18.0 Å². The number of aryl methyl sites for hydroxylation is 1. The molecule has 0 atom stereocenters. The number of carbonyl (C=O) groups excluding carboxylic acids is 1. The minimum absolute atomic E-state index is 0.0233. The van der Waals surface area contributed by atoms with Crippen LogP contribution in [0.1, 0.15) is 30.8 Å². The quantitative estimate of drug-likeness (QED) is 0.812. The fraction of sp³-hybridized carbons (Fsp3) is 0.429. The lowest BCUT2D eigenvalue weighted by atomic mass is 10.1. The second-order valence-electron chi connectivity index (χ2n) is 5.79. The molecule has 8 heteroatoms. The average Bonchev–Trinajstić information content (AvgIpc) is 2.74. The minimum atomic E-state index is -4.48. The molecule has 4 N–H and O–H groups in total. The topological polar surface area (TPSA) is 83.8 Å². The van der Waals surface area contributed by atoms with Crippen LogP contribution in [0.2, 0.25) is 0 Å². The third-order valence-corrected chi connectivity index (χ3v) is 3.09. The number of hydrogen-bond donors (Lipinski definition) is 3. The molecule has 120 valence electrons. The van der Waals surface area contributed by atoms with E-state index in [4.69, 9.17) is 5.73 Å². The van der Waals surface area contributed by atoms with Gasteiger partial charge in [-0.15, -0.1) is 0 Å². The number of alkyl halides is 3. The van der Waals surface area contributed by atoms with E-state index in [0.717, 1.165) is 6.07 Å². The number of imidazole rings is 1. The number of rotatable bonds is 3. The van der Waals surface area contributed by atoms with E-state index in [0.29, 0.717) is 5.56 Å². The Hall–Kier alpha value is -2.09. The fourth-order valence-electron chi connectivity index (χ4n) is 2.00. The summed E-state index contributed by atoms with van der Waals surface area (Å²) in [6.45, 7) is 4.62. The Morgan fingerprint density at radius 3 is 2.55 bits per heavy atom. The van der Waals surface area contributed by atoms with Crippen molar-refractivity contribution in [1.82, 2.24) is 15.3 Å². The van der Waals surface area contributed by atoms with Crippen LogP contribution in [0.3, 0.4) is 0 Å². The highest BCUT2D eigenvalue weighted by atomic mass is 19.4. The zero-order chi connectivity index (χ0) is 16.7. The molecule has 1 aromatic heterocycles. The van der Waals surface area contributed by atoms with Crippen LogP contribution in [0.15, 0.2) is 12.1 Å². The predicted molar refractivity (Wildman–Crippen MR) is 75.9 cm³/mol. The summed E-state index contributed by atoms with van der Waals surface area (Å²) in [5.41, 5.74) is 4.37. The van der Waals surface area contributed by atoms with E-state index in [2.05, 4.69) is 15.3 Å². The van der Waals surface area contributed by atoms with E-state index >= 15 is 0 Å². The number of hydrogen-bond acceptors (Lipinski definition) is 3. The van der Waals surface area contributed by atoms with Crippen molar-refractivity contribution >= 4 is 16.9 Å². The SMILES string of the molecule is Cc1cc(C(F)(F)F)c2[nH]c(CNC(=O)C(C)(C)N)nc2c1. The van der Waals surface area contributed by atoms with Crippen LogP contribution >= 0.6 is 0 Å². The standard InChI is InChI=1S/C14H17F3N4O/c1-7-4-8(14(15,16)17)11-9(5-7)20-10(21-11)6-19-12(22)13(2,3)18/h4-5H,6,18H2,1-3H3,(H,19,22)(H,20,21). The van der Waals surface area contributed by atoms with Crippen molar-refractivity contribution in [2.45, 2.75) is 39.0 Å². The molecule has 0 aliphatic rings. The summed E-state index contributed by atoms with van der Waals surface area (Å²) in [6.07, 6.45) is -4.48. The molecule has 0 saturated carbocycles. The monoisotopic (exact) mass is 314 g/mol. The molecule has 1 amide bonds. The zero-order valence-electron chi connectivity index (χ0n) is 12.4. The van der Waals surface area contributed by atoms with Gasteiger partial charge in [-0.3, -0.25) is 4.79 Å². The number of aromatic amines is 1. The lowest BCUT2D eigenvalue weighted by molar-refractivity contribution is -0.136. The summed E-state index contributed by atoms with van der Waals surface area (Å²) in [4.78, 5) is 18.4. The number of nitrogens with zero attached hydrogens (tertiary/aromatic N) is 1. The van der Waals surface area contributed by atoms with Crippen molar-refractivity contribution in [3.05, 3.63) is 29.1 Å². The number of carbonyl (C=O) groups is 1. The Kier molecular flexibility index (Phi) is 3.90. The van der Waals surface area contributed by atoms with E-state index in [-0.39, 0.29) is 23.4 Å². The summed E-state index contributed by atoms with van der Waals surface area (Å²) in [5, 5.41) is 2.53. The lowest BCUT2D eigenvalue weighted by Gasteiger charge is -2.16. The molecule has 0 radical (unpaired) electrons. The van der Waals surface area contributed by atoms with E-state index in [1.807, 2.05) is 0 Å². The number of benzene rings is 1. The van der Waals surface area contributed by atoms with E-state index in [1.165, 1.54) is 13.8 Å². The molecular weight excluding hydrogens is 297 g/mol. The number of amides is 1. The van der Waals surface area contributed by atoms with Gasteiger partial charge in [0.05, 0.1) is 28.7 Å². The van der Waals surface area contributed by atoms with Gasteiger partial charge in [0.2, 0.25) is 5.91 Å². The first kappa shape index (κ1) is 16.3. The fourth-order valence-corrected chi connectivity index (χ4v) is 2.00. The van der Waals surface area contributed by atoms with Gasteiger partial charge in [-0.1, -0.05) is 0 Å². The Balaban J connectivity index is 2.33. The van der Waals surface area contributed by atoms with Crippen LogP contribution in [-0.2, 0) is 17.5 Å². The molecule has 0 bridgehead atoms. The number of nitrogens with two attached hydrogens (primary N) is 1. The molecule has 5 nitrogen and oxygen atoms in total. The molecule has 22 heavy (non-hydrogen) atoms. The minimum Gasteiger partial charge on any atom is -0.347 e. The maximum Gasteiger partial charge on any atom is 0.418 e. The third-order valence-electron chi connectivity index (χ3n) is 3.09. The Labute approximate surface area is 125 Å². The summed E-state index contributed by atoms with van der Waals surface area (Å²) in [5.74, 6) is -0.177. The van der Waals surface area contributed by atoms with Crippen molar-refractivity contribution in [2.24, 2.45) is 5.73 Å². The second-order valence-corrected chi connectivity index (χ2v) is 5.79. The highest BCUT2D eigenvalue weighted by Gasteiger charge is 2.34. The average molecular weight is 314 g/mol. The molecule has 0 aliphatic heterocycles. The van der Waals surface area contributed by atoms with Gasteiger partial charge in [-0.25, -0.2) is 4.98 Å². The van der Waals surface area contributed by atoms with Crippen LogP contribution < -0.4 is 11.1 Å². The Morgan fingerprint density at radius 1 is 1.36 bits per heavy atom. The van der Waals surface area contributed by atoms with Gasteiger partial charge in [-0.05, 0) is 38.5 Å². The third kappa shape index (κ3) is 3.38. The molecule has 0 aliphatic carbocycles. The van der Waals surface area contributed by atoms with Crippen molar-refractivity contribution in [3.8, 4) is 0 Å². The van der Waals surface area contributed by atoms with Gasteiger partial charge in [0.25, 0.3) is 0 Å². The van der Waals surface area contributed by atoms with Gasteiger partial charge < -0.3 is 16.0 Å². The Bertz CT molecular complexity index is 713. The molecule has 2 aromatic rings. The van der Waals surface area contributed by atoms with Gasteiger partial charge in [-0.2, -0.15) is 13.2 Å². The van der Waals surface area contributed by atoms with Crippen LogP contribution in [0.25, 0.3) is 11.0 Å². The van der Waals surface area contributed by atoms with Crippen molar-refractivity contribution in [1.29, 1.82) is 0 Å². The smallest absolute Gasteiger partial charge is 0.347 e. The highest BCUT2D eigenvalue weighted by molar-refractivity contribution is 5.85. The summed E-state index contributed by atoms with van der Waals surface area (Å²) < 4.78 is 39.1. The van der Waals surface area contributed by atoms with Crippen LogP contribution in [0.4, 0.5) is 13.2 Å². The Morgan fingerprint density at radius 2 is 2.00 bits per heavy atom. The van der Waals surface area contributed by atoms with Crippen LogP contribution in [-0.4, -0.2) is 21.4 Å². The molecule has 1 heterocycles. The summed E-state index contributed by atoms with van der Waals surface area (Å²) in [7, 11) is 0. The van der Waals surface area contributed by atoms with E-state index in [1.54, 1.807) is 13.0 Å². The lowest BCUT2D eigenvalue weighted by Crippen LogP contribution is -2.48. The number of halogens is 3. The second kappa shape index (κ2) is 5.28. The highest BCUT2D eigenvalue weighted by Crippen LogP contribution is 2.34. The normalized spacial score (nSPS) is 12.7. The van der Waals surface area contributed by atoms with Gasteiger partial charge in [0.1, 0.15) is 5.82 Å². The molecule has 2 rings (SSSR count). The summed E-state index contributed by atoms with van der Waals surface area (Å²) in [6, 6.07) is 2.62. The molecule has 0 saturated heterocycles. The summed E-state index contributed by atoms with van der Waals surface area (Å²) >= 11 is 0. The molecule has 1 aromatic carbocycles. The maximum absolute atomic E-state index is 13.0. The predicted octanol–water partition coefficient (Wildman–Crippen LogP) is 2.24. The van der Waals surface area contributed by atoms with Crippen molar-refractivity contribution in [3.63, 3.8) is 0 Å². The largest absolute Gasteiger partial charge is 0.418 e. The van der Waals surface area contributed by atoms with E-state index < -0.39 is 23.2 Å². The van der Waals surface area contributed by atoms with Crippen LogP contribution in [0.5, 0.6) is 0 Å². The van der Waals surface area contributed by atoms with Crippen LogP contribution in [0, 0.1) is 6.92 Å². The number of aromatic nitrogens is 2. The van der Waals surface area contributed by atoms with Gasteiger partial charge in [0, 0.05) is 0 Å². The number of nitrogens with one attached hydrogen (secondary N) is 2. The molecule has 0 spiro atoms. The number of fused-ring (bicyclic) bond motifs is 1. The van der Waals surface area contributed by atoms with Gasteiger partial charge in [0.15, 0.2) is 0 Å². The van der Waals surface area contributed by atoms with Crippen molar-refractivity contribution in [2.75, 3.05) is 0 Å². The first-order valence-electron chi connectivity index (χ1n) is 6.62. The van der Waals surface area contributed by atoms with Gasteiger partial charge >= 0.3 is 6.18 Å². The first-order valence-corrected chi connectivity index (χ1v) is 6.62. The van der Waals surface area contributed by atoms with Crippen molar-refractivity contribution < 1.29 is 18.0 Å². The molecular formula is C14H17F3N4O. The maximum atomic E-state index is 13.0. The molecule has 0 fully saturated rings. The number of H-pyrrole nitrogens is 1. The first-order chi connectivity index (χ1) is 9.98. The zero-order valence-corrected chi connectivity index (χ0v) is 12.4.